The van der Waals surface area contributed by atoms with Gasteiger partial charge in [0, 0.05) is 19.4 Å². The van der Waals surface area contributed by atoms with Crippen molar-refractivity contribution in [2.24, 2.45) is 0 Å². The number of hydrogen-bond acceptors (Lipinski definition) is 5. The molecular formula is C49H86O5. The normalized spacial score (nSPS) is 12.7. The topological polar surface area (TPSA) is 61.8 Å². The summed E-state index contributed by atoms with van der Waals surface area (Å²) in [5, 5.41) is 0. The van der Waals surface area contributed by atoms with E-state index in [1.54, 1.807) is 0 Å². The van der Waals surface area contributed by atoms with Crippen molar-refractivity contribution in [2.45, 2.75) is 219 Å². The fourth-order valence-corrected chi connectivity index (χ4v) is 6.18. The van der Waals surface area contributed by atoms with Gasteiger partial charge in [-0.15, -0.1) is 0 Å². The molecule has 0 N–H and O–H groups in total. The molecule has 0 spiro atoms. The number of carbonyl (C=O) groups is 2. The van der Waals surface area contributed by atoms with Crippen LogP contribution in [0, 0.1) is 0 Å². The summed E-state index contributed by atoms with van der Waals surface area (Å²) in [6.45, 7) is 7.55. The fraction of sp³-hybridized carbons (Fsp3) is 0.755. The average Bonchev–Trinajstić information content (AvgIpc) is 3.17. The fourth-order valence-electron chi connectivity index (χ4n) is 6.18. The van der Waals surface area contributed by atoms with Gasteiger partial charge in [-0.05, 0) is 64.2 Å². The maximum absolute atomic E-state index is 12.5. The summed E-state index contributed by atoms with van der Waals surface area (Å²) in [5.74, 6) is -0.431. The Morgan fingerprint density at radius 1 is 0.426 bits per heavy atom. The van der Waals surface area contributed by atoms with E-state index < -0.39 is 6.10 Å². The van der Waals surface area contributed by atoms with Crippen LogP contribution in [0.5, 0.6) is 0 Å². The van der Waals surface area contributed by atoms with Gasteiger partial charge in [-0.25, -0.2) is 0 Å². The molecule has 0 amide bonds. The molecule has 0 aromatic rings. The largest absolute Gasteiger partial charge is 0.462 e. The Balaban J connectivity index is 4.13. The van der Waals surface area contributed by atoms with Crippen LogP contribution in [0.3, 0.4) is 0 Å². The average molecular weight is 755 g/mol. The van der Waals surface area contributed by atoms with Crippen molar-refractivity contribution in [3.8, 4) is 0 Å². The first-order valence-corrected chi connectivity index (χ1v) is 22.8. The molecule has 0 fully saturated rings. The highest BCUT2D eigenvalue weighted by atomic mass is 16.6. The van der Waals surface area contributed by atoms with Crippen LogP contribution in [0.2, 0.25) is 0 Å². The summed E-state index contributed by atoms with van der Waals surface area (Å²) in [4.78, 5) is 25.0. The second-order valence-electron chi connectivity index (χ2n) is 14.9. The summed E-state index contributed by atoms with van der Waals surface area (Å²) in [5.41, 5.74) is 0. The zero-order valence-electron chi connectivity index (χ0n) is 35.7. The molecular weight excluding hydrogens is 669 g/mol. The highest BCUT2D eigenvalue weighted by Gasteiger charge is 2.17. The lowest BCUT2D eigenvalue weighted by Crippen LogP contribution is -2.30. The van der Waals surface area contributed by atoms with Gasteiger partial charge in [0.05, 0.1) is 6.61 Å². The quantitative estimate of drug-likeness (QED) is 0.0353. The Morgan fingerprint density at radius 3 is 1.30 bits per heavy atom. The Morgan fingerprint density at radius 2 is 0.833 bits per heavy atom. The highest BCUT2D eigenvalue weighted by Crippen LogP contribution is 2.14. The van der Waals surface area contributed by atoms with Gasteiger partial charge in [0.2, 0.25) is 0 Å². The number of allylic oxidation sites excluding steroid dienone is 10. The Labute approximate surface area is 334 Å². The van der Waals surface area contributed by atoms with Crippen molar-refractivity contribution in [1.29, 1.82) is 0 Å². The molecule has 0 saturated heterocycles. The standard InChI is InChI=1S/C49H86O5/c1-4-7-10-13-15-17-19-21-23-24-25-27-29-31-33-35-38-41-44-52-45-47(54-49(51)43-40-36-12-9-6-3)46-53-48(50)42-39-37-34-32-30-28-26-22-20-18-16-14-11-8-5-2/h7,10,15,17,21,23,25,27,31,33,47H,4-6,8-9,11-14,16,18-20,22,24,26,28-30,32,34-46H2,1-3H3/b10-7-,17-15-,23-21-,27-25-,33-31-. The van der Waals surface area contributed by atoms with Gasteiger partial charge in [-0.2, -0.15) is 0 Å². The van der Waals surface area contributed by atoms with E-state index in [4.69, 9.17) is 14.2 Å². The zero-order valence-corrected chi connectivity index (χ0v) is 35.7. The smallest absolute Gasteiger partial charge is 0.306 e. The van der Waals surface area contributed by atoms with Crippen LogP contribution < -0.4 is 0 Å². The minimum Gasteiger partial charge on any atom is -0.462 e. The third-order valence-corrected chi connectivity index (χ3v) is 9.57. The number of esters is 2. The van der Waals surface area contributed by atoms with E-state index in [2.05, 4.69) is 81.5 Å². The Kier molecular flexibility index (Phi) is 43.0. The molecule has 0 aliphatic carbocycles. The number of hydrogen-bond donors (Lipinski definition) is 0. The van der Waals surface area contributed by atoms with Crippen LogP contribution in [-0.2, 0) is 23.8 Å². The SMILES string of the molecule is CC/C=C\C/C=C\C/C=C\C/C=C\C/C=C\CCCCOCC(COC(=O)CCCCCCCCCCCCCCCCC)OC(=O)CCCCCCC. The number of unbranched alkanes of at least 4 members (excludes halogenated alkanes) is 20. The molecule has 0 aromatic heterocycles. The van der Waals surface area contributed by atoms with Gasteiger partial charge in [0.15, 0.2) is 6.10 Å². The van der Waals surface area contributed by atoms with Crippen molar-refractivity contribution in [3.05, 3.63) is 60.8 Å². The molecule has 5 nitrogen and oxygen atoms in total. The first-order valence-electron chi connectivity index (χ1n) is 22.8. The van der Waals surface area contributed by atoms with Crippen LogP contribution in [0.1, 0.15) is 213 Å². The minimum absolute atomic E-state index is 0.0686. The Hall–Kier alpha value is -2.40. The maximum Gasteiger partial charge on any atom is 0.306 e. The molecule has 0 rings (SSSR count). The first kappa shape index (κ1) is 51.6. The molecule has 1 unspecified atom stereocenters. The predicted octanol–water partition coefficient (Wildman–Crippen LogP) is 15.0. The number of ether oxygens (including phenoxy) is 3. The maximum atomic E-state index is 12.5. The first-order chi connectivity index (χ1) is 26.6. The summed E-state index contributed by atoms with van der Waals surface area (Å²) in [6, 6.07) is 0. The van der Waals surface area contributed by atoms with Gasteiger partial charge in [0.1, 0.15) is 6.61 Å². The molecule has 54 heavy (non-hydrogen) atoms. The van der Waals surface area contributed by atoms with Crippen molar-refractivity contribution >= 4 is 11.9 Å². The molecule has 5 heteroatoms. The van der Waals surface area contributed by atoms with Gasteiger partial charge >= 0.3 is 11.9 Å². The third kappa shape index (κ3) is 42.3. The third-order valence-electron chi connectivity index (χ3n) is 9.57. The molecule has 0 heterocycles. The molecule has 312 valence electrons. The molecule has 0 bridgehead atoms. The summed E-state index contributed by atoms with van der Waals surface area (Å²) >= 11 is 0. The van der Waals surface area contributed by atoms with Crippen molar-refractivity contribution in [2.75, 3.05) is 19.8 Å². The van der Waals surface area contributed by atoms with Crippen LogP contribution in [0.15, 0.2) is 60.8 Å². The molecule has 0 aliphatic heterocycles. The molecule has 0 radical (unpaired) electrons. The minimum atomic E-state index is -0.552. The van der Waals surface area contributed by atoms with Crippen LogP contribution in [0.4, 0.5) is 0 Å². The lowest BCUT2D eigenvalue weighted by atomic mass is 10.0. The lowest BCUT2D eigenvalue weighted by Gasteiger charge is -2.18. The van der Waals surface area contributed by atoms with Crippen LogP contribution in [-0.4, -0.2) is 37.9 Å². The second kappa shape index (κ2) is 45.0. The van der Waals surface area contributed by atoms with E-state index in [0.717, 1.165) is 83.5 Å². The monoisotopic (exact) mass is 755 g/mol. The highest BCUT2D eigenvalue weighted by molar-refractivity contribution is 5.70. The van der Waals surface area contributed by atoms with Gasteiger partial charge in [-0.3, -0.25) is 9.59 Å². The van der Waals surface area contributed by atoms with Crippen molar-refractivity contribution < 1.29 is 23.8 Å². The van der Waals surface area contributed by atoms with E-state index in [9.17, 15) is 9.59 Å². The zero-order chi connectivity index (χ0) is 39.3. The van der Waals surface area contributed by atoms with Gasteiger partial charge in [0.25, 0.3) is 0 Å². The van der Waals surface area contributed by atoms with Gasteiger partial charge in [-0.1, -0.05) is 197 Å². The van der Waals surface area contributed by atoms with E-state index in [1.165, 1.54) is 96.3 Å². The molecule has 0 aromatic carbocycles. The molecule has 1 atom stereocenters. The van der Waals surface area contributed by atoms with Crippen molar-refractivity contribution in [3.63, 3.8) is 0 Å². The van der Waals surface area contributed by atoms with Crippen LogP contribution in [0.25, 0.3) is 0 Å². The molecule has 0 saturated carbocycles. The van der Waals surface area contributed by atoms with E-state index >= 15 is 0 Å². The van der Waals surface area contributed by atoms with E-state index in [-0.39, 0.29) is 25.2 Å². The Bertz CT molecular complexity index is 946. The summed E-state index contributed by atoms with van der Waals surface area (Å²) in [7, 11) is 0. The van der Waals surface area contributed by atoms with E-state index in [0.29, 0.717) is 19.4 Å². The van der Waals surface area contributed by atoms with Gasteiger partial charge < -0.3 is 14.2 Å². The number of carbonyl (C=O) groups excluding carboxylic acids is 2. The van der Waals surface area contributed by atoms with Crippen molar-refractivity contribution in [1.82, 2.24) is 0 Å². The summed E-state index contributed by atoms with van der Waals surface area (Å²) in [6.07, 6.45) is 55.4. The molecule has 0 aliphatic rings. The predicted molar refractivity (Wildman–Crippen MR) is 233 cm³/mol. The number of rotatable bonds is 41. The van der Waals surface area contributed by atoms with Crippen LogP contribution >= 0.6 is 0 Å². The van der Waals surface area contributed by atoms with E-state index in [1.807, 2.05) is 0 Å². The summed E-state index contributed by atoms with van der Waals surface area (Å²) < 4.78 is 17.2. The lowest BCUT2D eigenvalue weighted by molar-refractivity contribution is -0.163. The second-order valence-corrected chi connectivity index (χ2v) is 14.9.